The third-order valence-electron chi connectivity index (χ3n) is 4.04. The van der Waals surface area contributed by atoms with Crippen LogP contribution >= 0.6 is 0 Å². The minimum absolute atomic E-state index is 0.0328. The standard InChI is InChI=1S/C20H26N2O2/c1-14-9-15(2)20(16(3)10-14)21-19(23)13-22(4)12-17-7-6-8-18(11-17)24-5/h6-11H,12-13H2,1-5H3,(H,21,23)/p+1. The Morgan fingerprint density at radius 1 is 1.12 bits per heavy atom. The van der Waals surface area contributed by atoms with Gasteiger partial charge < -0.3 is 15.0 Å². The third-order valence-corrected chi connectivity index (χ3v) is 4.04. The topological polar surface area (TPSA) is 42.8 Å². The van der Waals surface area contributed by atoms with E-state index in [1.165, 1.54) is 5.56 Å². The molecule has 4 nitrogen and oxygen atoms in total. The molecule has 0 aromatic heterocycles. The summed E-state index contributed by atoms with van der Waals surface area (Å²) in [6.45, 7) is 7.32. The van der Waals surface area contributed by atoms with Gasteiger partial charge in [-0.2, -0.15) is 0 Å². The second-order valence-corrected chi connectivity index (χ2v) is 6.48. The highest BCUT2D eigenvalue weighted by Gasteiger charge is 2.13. The van der Waals surface area contributed by atoms with Crippen LogP contribution in [0.3, 0.4) is 0 Å². The van der Waals surface area contributed by atoms with Gasteiger partial charge in [0.2, 0.25) is 0 Å². The molecule has 0 bridgehead atoms. The first-order valence-electron chi connectivity index (χ1n) is 8.21. The quantitative estimate of drug-likeness (QED) is 0.855. The van der Waals surface area contributed by atoms with Gasteiger partial charge in [0.1, 0.15) is 12.3 Å². The summed E-state index contributed by atoms with van der Waals surface area (Å²) < 4.78 is 5.24. The zero-order valence-corrected chi connectivity index (χ0v) is 15.2. The lowest BCUT2D eigenvalue weighted by Crippen LogP contribution is -3.08. The van der Waals surface area contributed by atoms with Crippen LogP contribution in [0.15, 0.2) is 36.4 Å². The number of methoxy groups -OCH3 is 1. The van der Waals surface area contributed by atoms with E-state index in [1.807, 2.05) is 39.1 Å². The molecular weight excluding hydrogens is 300 g/mol. The van der Waals surface area contributed by atoms with Gasteiger partial charge in [-0.05, 0) is 44.0 Å². The molecule has 0 aliphatic heterocycles. The van der Waals surface area contributed by atoms with E-state index in [1.54, 1.807) is 7.11 Å². The fraction of sp³-hybridized carbons (Fsp3) is 0.350. The summed E-state index contributed by atoms with van der Waals surface area (Å²) in [4.78, 5) is 13.5. The molecule has 0 spiro atoms. The molecule has 1 amide bonds. The van der Waals surface area contributed by atoms with Crippen molar-refractivity contribution in [2.45, 2.75) is 27.3 Å². The van der Waals surface area contributed by atoms with E-state index in [-0.39, 0.29) is 5.91 Å². The number of nitrogens with one attached hydrogen (secondary N) is 2. The molecule has 1 unspecified atom stereocenters. The van der Waals surface area contributed by atoms with E-state index in [2.05, 4.69) is 30.4 Å². The fourth-order valence-corrected chi connectivity index (χ4v) is 3.03. The average Bonchev–Trinajstić information content (AvgIpc) is 2.50. The summed E-state index contributed by atoms with van der Waals surface area (Å²) in [6, 6.07) is 12.1. The van der Waals surface area contributed by atoms with Gasteiger partial charge in [-0.15, -0.1) is 0 Å². The number of anilines is 1. The highest BCUT2D eigenvalue weighted by Crippen LogP contribution is 2.21. The Hall–Kier alpha value is -2.33. The summed E-state index contributed by atoms with van der Waals surface area (Å²) in [7, 11) is 3.68. The van der Waals surface area contributed by atoms with Crippen molar-refractivity contribution < 1.29 is 14.4 Å². The molecule has 0 saturated carbocycles. The molecule has 128 valence electrons. The van der Waals surface area contributed by atoms with Crippen LogP contribution < -0.4 is 15.0 Å². The molecule has 24 heavy (non-hydrogen) atoms. The highest BCUT2D eigenvalue weighted by atomic mass is 16.5. The molecule has 2 aromatic rings. The van der Waals surface area contributed by atoms with Crippen molar-refractivity contribution >= 4 is 11.6 Å². The van der Waals surface area contributed by atoms with E-state index < -0.39 is 0 Å². The molecule has 0 fully saturated rings. The minimum atomic E-state index is 0.0328. The van der Waals surface area contributed by atoms with Crippen LogP contribution in [0.25, 0.3) is 0 Å². The highest BCUT2D eigenvalue weighted by molar-refractivity contribution is 5.93. The lowest BCUT2D eigenvalue weighted by Gasteiger charge is -2.16. The van der Waals surface area contributed by atoms with Crippen molar-refractivity contribution in [3.05, 3.63) is 58.7 Å². The zero-order valence-electron chi connectivity index (χ0n) is 15.2. The summed E-state index contributed by atoms with van der Waals surface area (Å²) in [5, 5.41) is 3.06. The van der Waals surface area contributed by atoms with Crippen molar-refractivity contribution in [1.82, 2.24) is 0 Å². The second kappa shape index (κ2) is 7.97. The van der Waals surface area contributed by atoms with E-state index in [0.717, 1.165) is 39.6 Å². The number of rotatable bonds is 6. The van der Waals surface area contributed by atoms with Crippen molar-refractivity contribution in [2.75, 3.05) is 26.0 Å². The normalized spacial score (nSPS) is 11.9. The molecule has 0 saturated heterocycles. The van der Waals surface area contributed by atoms with Gasteiger partial charge in [0.25, 0.3) is 5.91 Å². The predicted octanol–water partition coefficient (Wildman–Crippen LogP) is 2.27. The summed E-state index contributed by atoms with van der Waals surface area (Å²) >= 11 is 0. The first-order valence-corrected chi connectivity index (χ1v) is 8.21. The maximum absolute atomic E-state index is 12.4. The van der Waals surface area contributed by atoms with Gasteiger partial charge in [0, 0.05) is 11.3 Å². The Morgan fingerprint density at radius 3 is 2.42 bits per heavy atom. The SMILES string of the molecule is COc1cccc(C[NH+](C)CC(=O)Nc2c(C)cc(C)cc2C)c1. The van der Waals surface area contributed by atoms with Crippen LogP contribution in [0.4, 0.5) is 5.69 Å². The lowest BCUT2D eigenvalue weighted by atomic mass is 10.1. The lowest BCUT2D eigenvalue weighted by molar-refractivity contribution is -0.885. The van der Waals surface area contributed by atoms with Gasteiger partial charge in [-0.3, -0.25) is 4.79 Å². The minimum Gasteiger partial charge on any atom is -0.497 e. The Bertz CT molecular complexity index is 702. The number of hydrogen-bond acceptors (Lipinski definition) is 2. The van der Waals surface area contributed by atoms with E-state index in [9.17, 15) is 4.79 Å². The molecule has 4 heteroatoms. The van der Waals surface area contributed by atoms with Crippen molar-refractivity contribution in [3.63, 3.8) is 0 Å². The van der Waals surface area contributed by atoms with Crippen molar-refractivity contribution in [3.8, 4) is 5.75 Å². The molecule has 1 atom stereocenters. The number of ether oxygens (including phenoxy) is 1. The first-order chi connectivity index (χ1) is 11.4. The fourth-order valence-electron chi connectivity index (χ4n) is 3.03. The molecule has 0 radical (unpaired) electrons. The van der Waals surface area contributed by atoms with Gasteiger partial charge in [0.05, 0.1) is 14.2 Å². The number of hydrogen-bond donors (Lipinski definition) is 2. The maximum Gasteiger partial charge on any atom is 0.279 e. The van der Waals surface area contributed by atoms with Crippen LogP contribution in [0.2, 0.25) is 0 Å². The number of amides is 1. The number of quaternary nitrogens is 1. The number of carbonyl (C=O) groups excluding carboxylic acids is 1. The first kappa shape index (κ1) is 18.0. The van der Waals surface area contributed by atoms with Crippen molar-refractivity contribution in [2.24, 2.45) is 0 Å². The van der Waals surface area contributed by atoms with E-state index in [0.29, 0.717) is 6.54 Å². The van der Waals surface area contributed by atoms with E-state index in [4.69, 9.17) is 4.74 Å². The van der Waals surface area contributed by atoms with Crippen LogP contribution in [-0.4, -0.2) is 26.6 Å². The van der Waals surface area contributed by atoms with Crippen LogP contribution in [-0.2, 0) is 11.3 Å². The Kier molecular flexibility index (Phi) is 5.99. The molecule has 2 rings (SSSR count). The molecular formula is C20H27N2O2+. The van der Waals surface area contributed by atoms with Crippen LogP contribution in [0.5, 0.6) is 5.75 Å². The van der Waals surface area contributed by atoms with Crippen LogP contribution in [0.1, 0.15) is 22.3 Å². The maximum atomic E-state index is 12.4. The number of likely N-dealkylation sites (N-methyl/N-ethyl adjacent to an activating group) is 1. The van der Waals surface area contributed by atoms with E-state index >= 15 is 0 Å². The Morgan fingerprint density at radius 2 is 1.79 bits per heavy atom. The summed E-state index contributed by atoms with van der Waals surface area (Å²) in [6.07, 6.45) is 0. The predicted molar refractivity (Wildman–Crippen MR) is 97.7 cm³/mol. The average molecular weight is 327 g/mol. The number of aryl methyl sites for hydroxylation is 3. The zero-order chi connectivity index (χ0) is 17.7. The van der Waals surface area contributed by atoms with Gasteiger partial charge >= 0.3 is 0 Å². The van der Waals surface area contributed by atoms with Gasteiger partial charge in [-0.25, -0.2) is 0 Å². The summed E-state index contributed by atoms with van der Waals surface area (Å²) in [5.41, 5.74) is 5.50. The van der Waals surface area contributed by atoms with Gasteiger partial charge in [0.15, 0.2) is 6.54 Å². The smallest absolute Gasteiger partial charge is 0.279 e. The Balaban J connectivity index is 1.97. The summed E-state index contributed by atoms with van der Waals surface area (Å²) in [5.74, 6) is 0.876. The molecule has 0 aliphatic carbocycles. The van der Waals surface area contributed by atoms with Crippen LogP contribution in [0, 0.1) is 20.8 Å². The molecule has 0 heterocycles. The third kappa shape index (κ3) is 4.83. The second-order valence-electron chi connectivity index (χ2n) is 6.48. The largest absolute Gasteiger partial charge is 0.497 e. The number of carbonyl (C=O) groups is 1. The van der Waals surface area contributed by atoms with Crippen molar-refractivity contribution in [1.29, 1.82) is 0 Å². The monoisotopic (exact) mass is 327 g/mol. The molecule has 0 aliphatic rings. The number of benzene rings is 2. The molecule has 2 aromatic carbocycles. The Labute approximate surface area is 144 Å². The van der Waals surface area contributed by atoms with Gasteiger partial charge in [-0.1, -0.05) is 29.8 Å². The molecule has 2 N–H and O–H groups in total.